The number of carbonyl (C=O) groups excluding carboxylic acids is 1. The summed E-state index contributed by atoms with van der Waals surface area (Å²) in [6.07, 6.45) is 9.95. The molecule has 5 nitrogen and oxygen atoms in total. The van der Waals surface area contributed by atoms with E-state index in [1.54, 1.807) is 12.2 Å². The van der Waals surface area contributed by atoms with Crippen LogP contribution in [-0.4, -0.2) is 39.3 Å². The number of aliphatic hydroxyl groups excluding tert-OH is 2. The molecular weight excluding hydrogens is 296 g/mol. The third kappa shape index (κ3) is 7.10. The van der Waals surface area contributed by atoms with Crippen LogP contribution < -0.4 is 0 Å². The third-order valence-corrected chi connectivity index (χ3v) is 4.27. The molecule has 1 fully saturated rings. The number of carboxylic acids is 1. The van der Waals surface area contributed by atoms with E-state index in [1.165, 1.54) is 0 Å². The normalized spacial score (nSPS) is 26.4. The smallest absolute Gasteiger partial charge is 0.303 e. The molecule has 130 valence electrons. The Balaban J connectivity index is 2.44. The van der Waals surface area contributed by atoms with Crippen molar-refractivity contribution < 1.29 is 24.9 Å². The molecule has 1 aliphatic rings. The number of carbonyl (C=O) groups is 2. The summed E-state index contributed by atoms with van der Waals surface area (Å²) < 4.78 is 0. The van der Waals surface area contributed by atoms with E-state index in [9.17, 15) is 19.8 Å². The van der Waals surface area contributed by atoms with Crippen molar-refractivity contribution >= 4 is 11.8 Å². The van der Waals surface area contributed by atoms with Crippen molar-refractivity contribution in [2.24, 2.45) is 11.8 Å². The highest BCUT2D eigenvalue weighted by molar-refractivity contribution is 5.84. The standard InChI is InChI=1S/C18H28O5/c1-2-13(19)10-11-15-14(16(20)12-17(15)21)8-6-4-3-5-7-9-18(22)23/h4,6,10-11,13-15,17,19,21H,2-3,5,7-9,12H2,1H3,(H,22,23)/b6-4-,11-10+/t13-,14+,15-,17-/m1/s1. The fourth-order valence-corrected chi connectivity index (χ4v) is 2.82. The molecule has 0 spiro atoms. The van der Waals surface area contributed by atoms with E-state index in [0.717, 1.165) is 12.8 Å². The summed E-state index contributed by atoms with van der Waals surface area (Å²) in [7, 11) is 0. The Morgan fingerprint density at radius 2 is 2.09 bits per heavy atom. The summed E-state index contributed by atoms with van der Waals surface area (Å²) in [5, 5.41) is 28.1. The molecule has 0 bridgehead atoms. The van der Waals surface area contributed by atoms with Gasteiger partial charge in [-0.25, -0.2) is 0 Å². The second-order valence-electron chi connectivity index (χ2n) is 6.13. The van der Waals surface area contributed by atoms with Crippen LogP contribution in [0.2, 0.25) is 0 Å². The van der Waals surface area contributed by atoms with Crippen LogP contribution in [0.3, 0.4) is 0 Å². The molecule has 0 amide bonds. The minimum atomic E-state index is -0.775. The number of hydrogen-bond acceptors (Lipinski definition) is 4. The van der Waals surface area contributed by atoms with Gasteiger partial charge in [0.05, 0.1) is 12.2 Å². The van der Waals surface area contributed by atoms with Gasteiger partial charge < -0.3 is 15.3 Å². The lowest BCUT2D eigenvalue weighted by Crippen LogP contribution is -2.18. The van der Waals surface area contributed by atoms with E-state index in [-0.39, 0.29) is 30.5 Å². The van der Waals surface area contributed by atoms with E-state index in [1.807, 2.05) is 19.1 Å². The predicted octanol–water partition coefficient (Wildman–Crippen LogP) is 2.47. The number of carboxylic acid groups (broad SMARTS) is 1. The zero-order valence-electron chi connectivity index (χ0n) is 13.7. The molecule has 1 rings (SSSR count). The number of aliphatic hydroxyl groups is 2. The molecule has 0 heterocycles. The van der Waals surface area contributed by atoms with Gasteiger partial charge in [0.1, 0.15) is 5.78 Å². The molecule has 0 aliphatic heterocycles. The first-order chi connectivity index (χ1) is 11.0. The Labute approximate surface area is 137 Å². The molecule has 23 heavy (non-hydrogen) atoms. The SMILES string of the molecule is CC[C@@H](O)/C=C/[C@H]1[C@H](O)CC(=O)[C@H]1C/C=C\CCCCC(=O)O. The molecule has 0 unspecified atom stereocenters. The van der Waals surface area contributed by atoms with Crippen molar-refractivity contribution in [1.29, 1.82) is 0 Å². The molecule has 0 aromatic rings. The average Bonchev–Trinajstić information content (AvgIpc) is 2.77. The first-order valence-corrected chi connectivity index (χ1v) is 8.39. The van der Waals surface area contributed by atoms with Gasteiger partial charge in [-0.05, 0) is 32.1 Å². The lowest BCUT2D eigenvalue weighted by molar-refractivity contribution is -0.137. The maximum absolute atomic E-state index is 12.0. The van der Waals surface area contributed by atoms with Gasteiger partial charge in [0.15, 0.2) is 0 Å². The van der Waals surface area contributed by atoms with Crippen molar-refractivity contribution in [2.75, 3.05) is 0 Å². The largest absolute Gasteiger partial charge is 0.481 e. The van der Waals surface area contributed by atoms with Crippen LogP contribution in [0.4, 0.5) is 0 Å². The Hall–Kier alpha value is -1.46. The summed E-state index contributed by atoms with van der Waals surface area (Å²) in [5.41, 5.74) is 0. The van der Waals surface area contributed by atoms with Crippen molar-refractivity contribution in [2.45, 2.75) is 64.1 Å². The van der Waals surface area contributed by atoms with E-state index in [0.29, 0.717) is 19.3 Å². The maximum atomic E-state index is 12.0. The number of hydrogen-bond donors (Lipinski definition) is 3. The molecule has 0 aromatic heterocycles. The highest BCUT2D eigenvalue weighted by atomic mass is 16.4. The molecule has 5 heteroatoms. The minimum absolute atomic E-state index is 0.0636. The number of unbranched alkanes of at least 4 members (excludes halogenated alkanes) is 2. The van der Waals surface area contributed by atoms with E-state index in [4.69, 9.17) is 5.11 Å². The number of aliphatic carboxylic acids is 1. The lowest BCUT2D eigenvalue weighted by Gasteiger charge is -2.16. The summed E-state index contributed by atoms with van der Waals surface area (Å²) in [5.74, 6) is -1.18. The van der Waals surface area contributed by atoms with Gasteiger partial charge in [0, 0.05) is 24.7 Å². The van der Waals surface area contributed by atoms with Gasteiger partial charge in [-0.3, -0.25) is 9.59 Å². The van der Waals surface area contributed by atoms with Crippen LogP contribution in [0.1, 0.15) is 51.9 Å². The van der Waals surface area contributed by atoms with Gasteiger partial charge in [-0.2, -0.15) is 0 Å². The molecule has 0 radical (unpaired) electrons. The summed E-state index contributed by atoms with van der Waals surface area (Å²) in [6, 6.07) is 0. The van der Waals surface area contributed by atoms with Crippen molar-refractivity contribution in [3.8, 4) is 0 Å². The average molecular weight is 324 g/mol. The van der Waals surface area contributed by atoms with Crippen LogP contribution in [-0.2, 0) is 9.59 Å². The van der Waals surface area contributed by atoms with Gasteiger partial charge in [0.2, 0.25) is 0 Å². The highest BCUT2D eigenvalue weighted by Crippen LogP contribution is 2.33. The van der Waals surface area contributed by atoms with Crippen molar-refractivity contribution in [3.63, 3.8) is 0 Å². The molecule has 0 aromatic carbocycles. The van der Waals surface area contributed by atoms with E-state index >= 15 is 0 Å². The molecule has 0 saturated heterocycles. The minimum Gasteiger partial charge on any atom is -0.481 e. The van der Waals surface area contributed by atoms with Crippen LogP contribution in [0.15, 0.2) is 24.3 Å². The number of ketones is 1. The zero-order valence-corrected chi connectivity index (χ0v) is 13.7. The van der Waals surface area contributed by atoms with Crippen LogP contribution in [0.25, 0.3) is 0 Å². The van der Waals surface area contributed by atoms with Gasteiger partial charge in [-0.1, -0.05) is 31.2 Å². The van der Waals surface area contributed by atoms with Gasteiger partial charge >= 0.3 is 5.97 Å². The Morgan fingerprint density at radius 1 is 1.35 bits per heavy atom. The number of allylic oxidation sites excluding steroid dienone is 2. The van der Waals surface area contributed by atoms with Crippen LogP contribution >= 0.6 is 0 Å². The van der Waals surface area contributed by atoms with E-state index < -0.39 is 18.2 Å². The highest BCUT2D eigenvalue weighted by Gasteiger charge is 2.39. The number of Topliss-reactive ketones (excluding diaryl/α,β-unsaturated/α-hetero) is 1. The second-order valence-corrected chi connectivity index (χ2v) is 6.13. The Morgan fingerprint density at radius 3 is 2.74 bits per heavy atom. The summed E-state index contributed by atoms with van der Waals surface area (Å²) >= 11 is 0. The first kappa shape index (κ1) is 19.6. The maximum Gasteiger partial charge on any atom is 0.303 e. The third-order valence-electron chi connectivity index (χ3n) is 4.27. The van der Waals surface area contributed by atoms with Crippen LogP contribution in [0.5, 0.6) is 0 Å². The van der Waals surface area contributed by atoms with Crippen LogP contribution in [0, 0.1) is 11.8 Å². The van der Waals surface area contributed by atoms with Crippen molar-refractivity contribution in [3.05, 3.63) is 24.3 Å². The number of rotatable bonds is 10. The predicted molar refractivity (Wildman–Crippen MR) is 87.9 cm³/mol. The molecule has 3 N–H and O–H groups in total. The topological polar surface area (TPSA) is 94.8 Å². The molecular formula is C18H28O5. The quantitative estimate of drug-likeness (QED) is 0.424. The fraction of sp³-hybridized carbons (Fsp3) is 0.667. The van der Waals surface area contributed by atoms with E-state index in [2.05, 4.69) is 0 Å². The molecule has 1 aliphatic carbocycles. The Kier molecular flexibility index (Phi) is 8.81. The molecule has 1 saturated carbocycles. The van der Waals surface area contributed by atoms with Gasteiger partial charge in [-0.15, -0.1) is 0 Å². The summed E-state index contributed by atoms with van der Waals surface area (Å²) in [4.78, 5) is 22.4. The second kappa shape index (κ2) is 10.3. The zero-order chi connectivity index (χ0) is 17.2. The van der Waals surface area contributed by atoms with Crippen molar-refractivity contribution in [1.82, 2.24) is 0 Å². The monoisotopic (exact) mass is 324 g/mol. The van der Waals surface area contributed by atoms with Gasteiger partial charge in [0.25, 0.3) is 0 Å². The molecule has 4 atom stereocenters. The Bertz CT molecular complexity index is 441. The first-order valence-electron chi connectivity index (χ1n) is 8.39. The lowest BCUT2D eigenvalue weighted by atomic mass is 9.90. The summed E-state index contributed by atoms with van der Waals surface area (Å²) in [6.45, 7) is 1.87. The fourth-order valence-electron chi connectivity index (χ4n) is 2.82.